The fraction of sp³-hybridized carbons (Fsp3) is 0.0909. The van der Waals surface area contributed by atoms with Crippen LogP contribution in [0.3, 0.4) is 0 Å². The molecule has 0 saturated heterocycles. The van der Waals surface area contributed by atoms with Crippen LogP contribution < -0.4 is 9.47 Å². The first-order valence-electron chi connectivity index (χ1n) is 8.34. The molecule has 0 fully saturated rings. The Labute approximate surface area is 150 Å². The van der Waals surface area contributed by atoms with E-state index >= 15 is 0 Å². The van der Waals surface area contributed by atoms with Gasteiger partial charge in [-0.2, -0.15) is 0 Å². The van der Waals surface area contributed by atoms with Gasteiger partial charge < -0.3 is 19.7 Å². The molecule has 0 radical (unpaired) electrons. The van der Waals surface area contributed by atoms with Crippen molar-refractivity contribution in [1.82, 2.24) is 0 Å². The molecule has 4 aromatic rings. The van der Waals surface area contributed by atoms with Gasteiger partial charge in [-0.1, -0.05) is 66.7 Å². The van der Waals surface area contributed by atoms with E-state index in [0.717, 1.165) is 32.7 Å². The molecule has 4 rings (SSSR count). The van der Waals surface area contributed by atoms with E-state index in [1.54, 1.807) is 0 Å². The lowest BCUT2D eigenvalue weighted by Crippen LogP contribution is -2.03. The lowest BCUT2D eigenvalue weighted by molar-refractivity contribution is 0.0750. The smallest absolute Gasteiger partial charge is 0.186 e. The van der Waals surface area contributed by atoms with E-state index in [1.807, 2.05) is 54.6 Å². The minimum atomic E-state index is -0.488. The second-order valence-electron chi connectivity index (χ2n) is 5.87. The molecule has 4 nitrogen and oxygen atoms in total. The average molecular weight is 346 g/mol. The molecule has 0 amide bonds. The minimum absolute atomic E-state index is 0.392. The zero-order valence-corrected chi connectivity index (χ0v) is 14.1. The normalized spacial score (nSPS) is 11.0. The average Bonchev–Trinajstić information content (AvgIpc) is 2.68. The maximum Gasteiger partial charge on any atom is 0.186 e. The SMILES string of the molecule is OCOc1cc2ccccc2c(-c2cccc3ccccc23)c1OCO. The van der Waals surface area contributed by atoms with E-state index in [0.29, 0.717) is 11.5 Å². The summed E-state index contributed by atoms with van der Waals surface area (Å²) in [6.45, 7) is -0.965. The van der Waals surface area contributed by atoms with Gasteiger partial charge in [0.15, 0.2) is 25.1 Å². The van der Waals surface area contributed by atoms with Crippen molar-refractivity contribution in [1.29, 1.82) is 0 Å². The van der Waals surface area contributed by atoms with Crippen molar-refractivity contribution in [3.63, 3.8) is 0 Å². The number of ether oxygens (including phenoxy) is 2. The van der Waals surface area contributed by atoms with Crippen LogP contribution in [-0.4, -0.2) is 23.8 Å². The molecule has 26 heavy (non-hydrogen) atoms. The largest absolute Gasteiger partial charge is 0.464 e. The first-order valence-corrected chi connectivity index (χ1v) is 8.34. The molecule has 0 aliphatic rings. The second-order valence-corrected chi connectivity index (χ2v) is 5.87. The highest BCUT2D eigenvalue weighted by Crippen LogP contribution is 2.46. The second kappa shape index (κ2) is 7.04. The summed E-state index contributed by atoms with van der Waals surface area (Å²) in [5.74, 6) is 0.805. The standard InChI is InChI=1S/C22H18O4/c23-13-25-20-12-16-7-2-4-10-18(16)21(22(20)26-14-24)19-11-5-8-15-6-1-3-9-17(15)19/h1-12,23-24H,13-14H2. The number of fused-ring (bicyclic) bond motifs is 2. The van der Waals surface area contributed by atoms with Gasteiger partial charge in [-0.15, -0.1) is 0 Å². The molecule has 2 N–H and O–H groups in total. The Kier molecular flexibility index (Phi) is 4.44. The van der Waals surface area contributed by atoms with Gasteiger partial charge in [-0.05, 0) is 33.2 Å². The molecule has 0 aliphatic carbocycles. The maximum atomic E-state index is 9.43. The Hall–Kier alpha value is -3.08. The Bertz CT molecular complexity index is 1070. The molecule has 0 bridgehead atoms. The van der Waals surface area contributed by atoms with Crippen molar-refractivity contribution < 1.29 is 19.7 Å². The molecule has 0 saturated carbocycles. The van der Waals surface area contributed by atoms with Crippen LogP contribution in [0.15, 0.2) is 72.8 Å². The van der Waals surface area contributed by atoms with Gasteiger partial charge in [0.1, 0.15) is 0 Å². The fourth-order valence-corrected chi connectivity index (χ4v) is 3.40. The number of aliphatic hydroxyl groups is 2. The zero-order valence-electron chi connectivity index (χ0n) is 14.1. The van der Waals surface area contributed by atoms with Crippen LogP contribution in [0.4, 0.5) is 0 Å². The summed E-state index contributed by atoms with van der Waals surface area (Å²) >= 11 is 0. The first kappa shape index (κ1) is 16.4. The zero-order chi connectivity index (χ0) is 17.9. The van der Waals surface area contributed by atoms with E-state index in [9.17, 15) is 10.2 Å². The van der Waals surface area contributed by atoms with Crippen LogP contribution in [0.25, 0.3) is 32.7 Å². The van der Waals surface area contributed by atoms with E-state index in [-0.39, 0.29) is 0 Å². The van der Waals surface area contributed by atoms with Gasteiger partial charge in [0, 0.05) is 5.56 Å². The van der Waals surface area contributed by atoms with E-state index in [1.165, 1.54) is 0 Å². The van der Waals surface area contributed by atoms with Gasteiger partial charge in [0.25, 0.3) is 0 Å². The monoisotopic (exact) mass is 346 g/mol. The van der Waals surface area contributed by atoms with Crippen molar-refractivity contribution in [2.45, 2.75) is 0 Å². The Morgan fingerprint density at radius 3 is 2.08 bits per heavy atom. The highest BCUT2D eigenvalue weighted by molar-refractivity contribution is 6.08. The summed E-state index contributed by atoms with van der Waals surface area (Å²) in [4.78, 5) is 0. The highest BCUT2D eigenvalue weighted by Gasteiger charge is 2.19. The number of rotatable bonds is 5. The van der Waals surface area contributed by atoms with Gasteiger partial charge >= 0.3 is 0 Å². The van der Waals surface area contributed by atoms with Crippen LogP contribution in [0.1, 0.15) is 0 Å². The Morgan fingerprint density at radius 2 is 1.31 bits per heavy atom. The van der Waals surface area contributed by atoms with Crippen molar-refractivity contribution in [2.75, 3.05) is 13.6 Å². The third kappa shape index (κ3) is 2.75. The molecule has 0 spiro atoms. The fourth-order valence-electron chi connectivity index (χ4n) is 3.40. The maximum absolute atomic E-state index is 9.43. The molecule has 4 aromatic carbocycles. The predicted octanol–water partition coefficient (Wildman–Crippen LogP) is 4.32. The van der Waals surface area contributed by atoms with Crippen molar-refractivity contribution in [3.8, 4) is 22.6 Å². The first-order chi connectivity index (χ1) is 12.8. The molecular weight excluding hydrogens is 328 g/mol. The topological polar surface area (TPSA) is 58.9 Å². The molecule has 130 valence electrons. The summed E-state index contributed by atoms with van der Waals surface area (Å²) < 4.78 is 10.9. The Balaban J connectivity index is 2.14. The minimum Gasteiger partial charge on any atom is -0.464 e. The van der Waals surface area contributed by atoms with Crippen LogP contribution >= 0.6 is 0 Å². The van der Waals surface area contributed by atoms with Gasteiger partial charge in [-0.25, -0.2) is 0 Å². The quantitative estimate of drug-likeness (QED) is 0.529. The summed E-state index contributed by atoms with van der Waals surface area (Å²) in [7, 11) is 0. The summed E-state index contributed by atoms with van der Waals surface area (Å²) in [6.07, 6.45) is 0. The van der Waals surface area contributed by atoms with Crippen LogP contribution in [-0.2, 0) is 0 Å². The van der Waals surface area contributed by atoms with E-state index in [4.69, 9.17) is 9.47 Å². The summed E-state index contributed by atoms with van der Waals surface area (Å²) in [5, 5.41) is 22.8. The van der Waals surface area contributed by atoms with Crippen LogP contribution in [0.5, 0.6) is 11.5 Å². The van der Waals surface area contributed by atoms with Gasteiger partial charge in [0.05, 0.1) is 0 Å². The number of aliphatic hydroxyl groups excluding tert-OH is 2. The van der Waals surface area contributed by atoms with Crippen molar-refractivity contribution >= 4 is 21.5 Å². The molecule has 0 unspecified atom stereocenters. The third-order valence-corrected chi connectivity index (χ3v) is 4.46. The molecule has 0 aromatic heterocycles. The van der Waals surface area contributed by atoms with Crippen molar-refractivity contribution in [2.24, 2.45) is 0 Å². The highest BCUT2D eigenvalue weighted by atomic mass is 16.6. The third-order valence-electron chi connectivity index (χ3n) is 4.46. The lowest BCUT2D eigenvalue weighted by atomic mass is 9.92. The molecule has 0 atom stereocenters. The lowest BCUT2D eigenvalue weighted by Gasteiger charge is -2.18. The molecule has 0 heterocycles. The van der Waals surface area contributed by atoms with Crippen LogP contribution in [0.2, 0.25) is 0 Å². The summed E-state index contributed by atoms with van der Waals surface area (Å²) in [5.41, 5.74) is 1.81. The van der Waals surface area contributed by atoms with Gasteiger partial charge in [0.2, 0.25) is 0 Å². The molecule has 0 aliphatic heterocycles. The van der Waals surface area contributed by atoms with E-state index < -0.39 is 13.6 Å². The molecule has 4 heteroatoms. The number of hydrogen-bond acceptors (Lipinski definition) is 4. The Morgan fingerprint density at radius 1 is 0.654 bits per heavy atom. The number of benzene rings is 4. The molecular formula is C22H18O4. The predicted molar refractivity (Wildman–Crippen MR) is 102 cm³/mol. The van der Waals surface area contributed by atoms with Crippen molar-refractivity contribution in [3.05, 3.63) is 72.8 Å². The van der Waals surface area contributed by atoms with Gasteiger partial charge in [-0.3, -0.25) is 0 Å². The number of hydrogen-bond donors (Lipinski definition) is 2. The summed E-state index contributed by atoms with van der Waals surface area (Å²) in [6, 6.07) is 23.9. The van der Waals surface area contributed by atoms with Crippen LogP contribution in [0, 0.1) is 0 Å². The van der Waals surface area contributed by atoms with E-state index in [2.05, 4.69) is 18.2 Å².